The van der Waals surface area contributed by atoms with Crippen LogP contribution in [0, 0.1) is 41.2 Å². The molecule has 0 amide bonds. The van der Waals surface area contributed by atoms with Crippen molar-refractivity contribution in [3.05, 3.63) is 65.9 Å². The van der Waals surface area contributed by atoms with Gasteiger partial charge in [0.05, 0.1) is 28.5 Å². The number of nitrogens with one attached hydrogen (secondary N) is 2. The fourth-order valence-electron chi connectivity index (χ4n) is 8.68. The van der Waals surface area contributed by atoms with Crippen molar-refractivity contribution in [2.24, 2.45) is 5.92 Å². The lowest BCUT2D eigenvalue weighted by Crippen LogP contribution is -2.51. The van der Waals surface area contributed by atoms with Gasteiger partial charge in [0.25, 0.3) is 0 Å². The number of nitrogens with zero attached hydrogens (tertiary/aromatic N) is 6. The summed E-state index contributed by atoms with van der Waals surface area (Å²) in [7, 11) is 0. The molecule has 2 bridgehead atoms. The summed E-state index contributed by atoms with van der Waals surface area (Å²) in [4.78, 5) is 18.9. The molecule has 0 spiro atoms. The molecule has 4 aromatic rings. The SMILES string of the molecule is C#Cc1c(F)ccc2cccc(-c3ncc4c(N5CC6CCC(C5)N6)nc(OCC56CCC(CNCC(C)C#N)N5CC(=C)C6)nc4c3F)c12. The van der Waals surface area contributed by atoms with Crippen LogP contribution in [0.25, 0.3) is 32.9 Å². The molecule has 4 aliphatic heterocycles. The average molecular weight is 675 g/mol. The molecule has 4 saturated heterocycles. The van der Waals surface area contributed by atoms with Gasteiger partial charge in [0, 0.05) is 68.0 Å². The zero-order valence-electron chi connectivity index (χ0n) is 28.2. The molecule has 256 valence electrons. The van der Waals surface area contributed by atoms with Crippen molar-refractivity contribution in [2.75, 3.05) is 44.2 Å². The van der Waals surface area contributed by atoms with Gasteiger partial charge in [-0.05, 0) is 50.5 Å². The highest BCUT2D eigenvalue weighted by atomic mass is 19.1. The standard InChI is InChI=1S/C39H40F2N8O/c1-4-29-32(40)11-8-25-6-5-7-30(33(25)29)35-34(41)36-31(18-44-35)37(48-20-26-9-10-27(21-48)45-26)47-38(46-36)50-22-39-13-12-28(17-43-16-24(3)15-42)49(39)19-23(2)14-39/h1,5-8,11,18,24,26-28,43,45H,2,9-10,12-14,16-17,19-22H2,3H3. The van der Waals surface area contributed by atoms with E-state index in [-0.39, 0.29) is 40.3 Å². The van der Waals surface area contributed by atoms with E-state index in [0.717, 1.165) is 63.9 Å². The van der Waals surface area contributed by atoms with Crippen LogP contribution in [0.15, 0.2) is 48.7 Å². The summed E-state index contributed by atoms with van der Waals surface area (Å²) in [5.74, 6) is 1.81. The number of aromatic nitrogens is 3. The molecule has 0 radical (unpaired) electrons. The van der Waals surface area contributed by atoms with Crippen LogP contribution in [0.5, 0.6) is 6.01 Å². The Bertz CT molecular complexity index is 2080. The third-order valence-electron chi connectivity index (χ3n) is 11.0. The minimum Gasteiger partial charge on any atom is -0.461 e. The molecule has 5 unspecified atom stereocenters. The lowest BCUT2D eigenvalue weighted by atomic mass is 9.94. The third-order valence-corrected chi connectivity index (χ3v) is 11.0. The highest BCUT2D eigenvalue weighted by Gasteiger charge is 2.51. The topological polar surface area (TPSA) is 102 Å². The van der Waals surface area contributed by atoms with Crippen LogP contribution in [0.2, 0.25) is 0 Å². The maximum absolute atomic E-state index is 16.9. The number of pyridine rings is 1. The molecule has 4 aliphatic rings. The molecule has 0 aliphatic carbocycles. The Morgan fingerprint density at radius 1 is 1.18 bits per heavy atom. The molecule has 0 saturated carbocycles. The Hall–Kier alpha value is -4.68. The number of nitriles is 1. The number of terminal acetylenes is 1. The van der Waals surface area contributed by atoms with Gasteiger partial charge in [0.2, 0.25) is 0 Å². The van der Waals surface area contributed by atoms with Crippen LogP contribution in [0.1, 0.15) is 44.6 Å². The summed E-state index contributed by atoms with van der Waals surface area (Å²) in [6.07, 6.45) is 12.2. The Balaban J connectivity index is 1.17. The number of benzene rings is 2. The van der Waals surface area contributed by atoms with Crippen LogP contribution >= 0.6 is 0 Å². The van der Waals surface area contributed by atoms with Gasteiger partial charge in [-0.1, -0.05) is 42.3 Å². The molecular formula is C39H40F2N8O. The third kappa shape index (κ3) is 5.64. The zero-order valence-corrected chi connectivity index (χ0v) is 28.2. The largest absolute Gasteiger partial charge is 0.461 e. The lowest BCUT2D eigenvalue weighted by molar-refractivity contribution is 0.0842. The van der Waals surface area contributed by atoms with Gasteiger partial charge in [-0.3, -0.25) is 9.88 Å². The van der Waals surface area contributed by atoms with E-state index in [1.165, 1.54) is 6.07 Å². The van der Waals surface area contributed by atoms with E-state index < -0.39 is 11.6 Å². The summed E-state index contributed by atoms with van der Waals surface area (Å²) in [6.45, 7) is 10.2. The maximum Gasteiger partial charge on any atom is 0.319 e. The first-order valence-corrected chi connectivity index (χ1v) is 17.5. The molecule has 2 N–H and O–H groups in total. The Labute approximate surface area is 290 Å². The Kier molecular flexibility index (Phi) is 8.39. The van der Waals surface area contributed by atoms with E-state index in [4.69, 9.17) is 21.1 Å². The molecule has 9 nitrogen and oxygen atoms in total. The summed E-state index contributed by atoms with van der Waals surface area (Å²) < 4.78 is 38.3. The minimum absolute atomic E-state index is 0.0369. The van der Waals surface area contributed by atoms with E-state index in [0.29, 0.717) is 52.8 Å². The number of rotatable bonds is 9. The summed E-state index contributed by atoms with van der Waals surface area (Å²) in [5, 5.41) is 17.9. The average Bonchev–Trinajstić information content (AvgIpc) is 3.76. The molecule has 11 heteroatoms. The second kappa shape index (κ2) is 12.9. The molecule has 8 rings (SSSR count). The molecule has 4 fully saturated rings. The minimum atomic E-state index is -0.638. The highest BCUT2D eigenvalue weighted by molar-refractivity contribution is 6.02. The summed E-state index contributed by atoms with van der Waals surface area (Å²) >= 11 is 0. The highest BCUT2D eigenvalue weighted by Crippen LogP contribution is 2.44. The van der Waals surface area contributed by atoms with Crippen LogP contribution < -0.4 is 20.3 Å². The van der Waals surface area contributed by atoms with Gasteiger partial charge in [0.1, 0.15) is 29.5 Å². The quantitative estimate of drug-likeness (QED) is 0.180. The van der Waals surface area contributed by atoms with E-state index >= 15 is 4.39 Å². The molecule has 2 aromatic heterocycles. The van der Waals surface area contributed by atoms with Crippen LogP contribution in [-0.2, 0) is 0 Å². The smallest absolute Gasteiger partial charge is 0.319 e. The van der Waals surface area contributed by atoms with E-state index in [2.05, 4.69) is 44.0 Å². The van der Waals surface area contributed by atoms with Crippen molar-refractivity contribution in [1.82, 2.24) is 30.5 Å². The van der Waals surface area contributed by atoms with Gasteiger partial charge in [-0.2, -0.15) is 15.2 Å². The van der Waals surface area contributed by atoms with E-state index in [9.17, 15) is 9.65 Å². The zero-order chi connectivity index (χ0) is 34.6. The van der Waals surface area contributed by atoms with Gasteiger partial charge in [-0.25, -0.2) is 8.78 Å². The second-order valence-corrected chi connectivity index (χ2v) is 14.5. The van der Waals surface area contributed by atoms with E-state index in [1.54, 1.807) is 24.4 Å². The first kappa shape index (κ1) is 32.5. The molecule has 6 heterocycles. The number of hydrogen-bond donors (Lipinski definition) is 2. The van der Waals surface area contributed by atoms with Crippen LogP contribution in [-0.4, -0.2) is 82.8 Å². The van der Waals surface area contributed by atoms with Crippen molar-refractivity contribution in [3.63, 3.8) is 0 Å². The van der Waals surface area contributed by atoms with Gasteiger partial charge >= 0.3 is 6.01 Å². The predicted molar refractivity (Wildman–Crippen MR) is 190 cm³/mol. The number of piperazine rings is 1. The monoisotopic (exact) mass is 674 g/mol. The molecule has 2 aromatic carbocycles. The normalized spacial score (nSPS) is 25.2. The van der Waals surface area contributed by atoms with Crippen LogP contribution in [0.3, 0.4) is 0 Å². The van der Waals surface area contributed by atoms with Crippen molar-refractivity contribution in [1.29, 1.82) is 5.26 Å². The van der Waals surface area contributed by atoms with Gasteiger partial charge in [0.15, 0.2) is 5.82 Å². The number of anilines is 1. The fourth-order valence-corrected chi connectivity index (χ4v) is 8.68. The first-order valence-electron chi connectivity index (χ1n) is 17.5. The second-order valence-electron chi connectivity index (χ2n) is 14.5. The maximum atomic E-state index is 16.9. The lowest BCUT2D eigenvalue weighted by Gasteiger charge is -2.35. The predicted octanol–water partition coefficient (Wildman–Crippen LogP) is 5.34. The van der Waals surface area contributed by atoms with Crippen molar-refractivity contribution in [3.8, 4) is 35.7 Å². The Morgan fingerprint density at radius 2 is 2.00 bits per heavy atom. The summed E-state index contributed by atoms with van der Waals surface area (Å²) in [6, 6.07) is 11.6. The van der Waals surface area contributed by atoms with Gasteiger partial charge in [-0.15, -0.1) is 6.42 Å². The van der Waals surface area contributed by atoms with Crippen molar-refractivity contribution in [2.45, 2.75) is 62.7 Å². The molecule has 5 atom stereocenters. The van der Waals surface area contributed by atoms with E-state index in [1.807, 2.05) is 13.0 Å². The Morgan fingerprint density at radius 3 is 2.78 bits per heavy atom. The summed E-state index contributed by atoms with van der Waals surface area (Å²) in [5.41, 5.74) is 1.48. The van der Waals surface area contributed by atoms with Gasteiger partial charge < -0.3 is 20.3 Å². The molecular weight excluding hydrogens is 634 g/mol. The number of hydrogen-bond acceptors (Lipinski definition) is 9. The first-order chi connectivity index (χ1) is 24.3. The van der Waals surface area contributed by atoms with Crippen molar-refractivity contribution < 1.29 is 13.5 Å². The number of ether oxygens (including phenoxy) is 1. The fraction of sp³-hybridized carbons (Fsp3) is 0.436. The number of halogens is 2. The van der Waals surface area contributed by atoms with Crippen molar-refractivity contribution >= 4 is 27.5 Å². The molecule has 50 heavy (non-hydrogen) atoms. The number of fused-ring (bicyclic) bond motifs is 5. The van der Waals surface area contributed by atoms with Crippen LogP contribution in [0.4, 0.5) is 14.6 Å².